The Hall–Kier alpha value is -0.970. The van der Waals surface area contributed by atoms with Gasteiger partial charge < -0.3 is 5.73 Å². The Morgan fingerprint density at radius 1 is 1.89 bits per heavy atom. The van der Waals surface area contributed by atoms with Crippen molar-refractivity contribution in [3.8, 4) is 0 Å². The van der Waals surface area contributed by atoms with Crippen LogP contribution in [0.5, 0.6) is 0 Å². The molecule has 0 radical (unpaired) electrons. The molecule has 0 spiro atoms. The molecule has 1 rings (SSSR count). The van der Waals surface area contributed by atoms with Crippen molar-refractivity contribution in [3.05, 3.63) is 12.2 Å². The zero-order valence-corrected chi connectivity index (χ0v) is 5.72. The minimum Gasteiger partial charge on any atom is -0.387 e. The van der Waals surface area contributed by atoms with Crippen LogP contribution in [0.25, 0.3) is 0 Å². The van der Waals surface area contributed by atoms with Gasteiger partial charge in [0.1, 0.15) is 11.3 Å². The fourth-order valence-corrected chi connectivity index (χ4v) is 0.704. The van der Waals surface area contributed by atoms with Crippen LogP contribution in [0.1, 0.15) is 5.82 Å². The van der Waals surface area contributed by atoms with Crippen molar-refractivity contribution in [2.45, 2.75) is 0 Å². The van der Waals surface area contributed by atoms with Crippen LogP contribution in [0.4, 0.5) is 0 Å². The molecule has 0 amide bonds. The lowest BCUT2D eigenvalue weighted by Gasteiger charge is -1.92. The van der Waals surface area contributed by atoms with E-state index in [1.54, 1.807) is 7.05 Å². The van der Waals surface area contributed by atoms with E-state index in [4.69, 9.17) is 5.73 Å². The number of aryl methyl sites for hydroxylation is 1. The summed E-state index contributed by atoms with van der Waals surface area (Å²) in [5, 5.41) is 3.78. The summed E-state index contributed by atoms with van der Waals surface area (Å²) >= 11 is 4.66. The summed E-state index contributed by atoms with van der Waals surface area (Å²) in [5.41, 5.74) is 5.27. The quantitative estimate of drug-likeness (QED) is 0.534. The molecule has 2 N–H and O–H groups in total. The van der Waals surface area contributed by atoms with Gasteiger partial charge in [-0.25, -0.2) is 9.67 Å². The highest BCUT2D eigenvalue weighted by Gasteiger charge is 2.00. The normalized spacial score (nSPS) is 9.44. The van der Waals surface area contributed by atoms with Gasteiger partial charge in [-0.15, -0.1) is 0 Å². The van der Waals surface area contributed by atoms with Crippen LogP contribution in [-0.4, -0.2) is 19.8 Å². The molecule has 0 aliphatic heterocycles. The second kappa shape index (κ2) is 2.10. The average Bonchev–Trinajstić information content (AvgIpc) is 2.13. The molecule has 9 heavy (non-hydrogen) atoms. The number of rotatable bonds is 1. The first kappa shape index (κ1) is 6.15. The Labute approximate surface area is 57.7 Å². The second-order valence-electron chi connectivity index (χ2n) is 1.57. The Balaban J connectivity index is 3.08. The molecule has 0 aliphatic rings. The van der Waals surface area contributed by atoms with E-state index in [2.05, 4.69) is 22.3 Å². The monoisotopic (exact) mass is 142 g/mol. The number of hydrogen-bond donors (Lipinski definition) is 1. The predicted octanol–water partition coefficient (Wildman–Crippen LogP) is -0.551. The van der Waals surface area contributed by atoms with Crippen molar-refractivity contribution in [2.24, 2.45) is 12.8 Å². The molecule has 0 unspecified atom stereocenters. The summed E-state index contributed by atoms with van der Waals surface area (Å²) < 4.78 is 1.53. The van der Waals surface area contributed by atoms with E-state index >= 15 is 0 Å². The lowest BCUT2D eigenvalue weighted by Crippen LogP contribution is -2.15. The summed E-state index contributed by atoms with van der Waals surface area (Å²) in [6, 6.07) is 0. The maximum absolute atomic E-state index is 5.27. The molecule has 0 saturated heterocycles. The summed E-state index contributed by atoms with van der Waals surface area (Å²) in [6.07, 6.45) is 1.41. The highest BCUT2D eigenvalue weighted by molar-refractivity contribution is 7.80. The fraction of sp³-hybridized carbons (Fsp3) is 0.250. The largest absolute Gasteiger partial charge is 0.387 e. The molecule has 1 aromatic rings. The number of nitrogens with zero attached hydrogens (tertiary/aromatic N) is 3. The summed E-state index contributed by atoms with van der Waals surface area (Å²) in [4.78, 5) is 4.07. The van der Waals surface area contributed by atoms with Crippen LogP contribution in [0.2, 0.25) is 0 Å². The molecule has 1 heterocycles. The van der Waals surface area contributed by atoms with Gasteiger partial charge in [-0.3, -0.25) is 0 Å². The van der Waals surface area contributed by atoms with Crippen LogP contribution < -0.4 is 5.73 Å². The first-order valence-electron chi connectivity index (χ1n) is 2.35. The molecule has 48 valence electrons. The summed E-state index contributed by atoms with van der Waals surface area (Å²) in [5.74, 6) is 0.546. The minimum atomic E-state index is 0.273. The molecule has 5 heteroatoms. The van der Waals surface area contributed by atoms with Gasteiger partial charge in [-0.1, -0.05) is 12.2 Å². The van der Waals surface area contributed by atoms with Crippen molar-refractivity contribution < 1.29 is 0 Å². The lowest BCUT2D eigenvalue weighted by molar-refractivity contribution is 0.757. The van der Waals surface area contributed by atoms with Crippen LogP contribution in [-0.2, 0) is 7.05 Å². The van der Waals surface area contributed by atoms with Gasteiger partial charge in [-0.05, 0) is 0 Å². The van der Waals surface area contributed by atoms with E-state index < -0.39 is 0 Å². The molecule has 0 atom stereocenters. The standard InChI is InChI=1S/C4H6N4S/c1-8-4(3(5)9)6-2-7-8/h2H,1H3,(H2,5,9). The number of nitrogens with two attached hydrogens (primary N) is 1. The van der Waals surface area contributed by atoms with Crippen molar-refractivity contribution >= 4 is 17.2 Å². The van der Waals surface area contributed by atoms with E-state index in [1.807, 2.05) is 0 Å². The maximum Gasteiger partial charge on any atom is 0.185 e. The van der Waals surface area contributed by atoms with Crippen molar-refractivity contribution in [1.82, 2.24) is 14.8 Å². The minimum absolute atomic E-state index is 0.273. The average molecular weight is 142 g/mol. The number of thiocarbonyl (C=S) groups is 1. The molecular weight excluding hydrogens is 136 g/mol. The smallest absolute Gasteiger partial charge is 0.185 e. The third-order valence-corrected chi connectivity index (χ3v) is 1.11. The van der Waals surface area contributed by atoms with Crippen LogP contribution in [0.15, 0.2) is 6.33 Å². The molecule has 0 aromatic carbocycles. The fourth-order valence-electron chi connectivity index (χ4n) is 0.519. The first-order chi connectivity index (χ1) is 4.22. The van der Waals surface area contributed by atoms with E-state index in [-0.39, 0.29) is 4.99 Å². The highest BCUT2D eigenvalue weighted by Crippen LogP contribution is 1.87. The Morgan fingerprint density at radius 2 is 2.56 bits per heavy atom. The summed E-state index contributed by atoms with van der Waals surface area (Å²) in [6.45, 7) is 0. The zero-order valence-electron chi connectivity index (χ0n) is 4.90. The first-order valence-corrected chi connectivity index (χ1v) is 2.76. The molecule has 0 bridgehead atoms. The van der Waals surface area contributed by atoms with Gasteiger partial charge in [0.2, 0.25) is 0 Å². The zero-order chi connectivity index (χ0) is 6.85. The topological polar surface area (TPSA) is 56.7 Å². The third-order valence-electron chi connectivity index (χ3n) is 0.932. The van der Waals surface area contributed by atoms with E-state index in [0.717, 1.165) is 0 Å². The molecule has 0 aliphatic carbocycles. The van der Waals surface area contributed by atoms with Crippen LogP contribution >= 0.6 is 12.2 Å². The molecular formula is C4H6N4S. The molecule has 0 fully saturated rings. The maximum atomic E-state index is 5.27. The van der Waals surface area contributed by atoms with E-state index in [9.17, 15) is 0 Å². The van der Waals surface area contributed by atoms with E-state index in [0.29, 0.717) is 5.82 Å². The van der Waals surface area contributed by atoms with Gasteiger partial charge in [0.15, 0.2) is 5.82 Å². The Morgan fingerprint density at radius 3 is 2.78 bits per heavy atom. The molecule has 0 saturated carbocycles. The van der Waals surface area contributed by atoms with Crippen LogP contribution in [0, 0.1) is 0 Å². The molecule has 1 aromatic heterocycles. The number of hydrogen-bond acceptors (Lipinski definition) is 3. The molecule has 4 nitrogen and oxygen atoms in total. The van der Waals surface area contributed by atoms with E-state index in [1.165, 1.54) is 11.0 Å². The van der Waals surface area contributed by atoms with Gasteiger partial charge in [0.05, 0.1) is 0 Å². The number of aromatic nitrogens is 3. The Bertz CT molecular complexity index is 228. The van der Waals surface area contributed by atoms with Gasteiger partial charge >= 0.3 is 0 Å². The lowest BCUT2D eigenvalue weighted by atomic mass is 10.6. The predicted molar refractivity (Wildman–Crippen MR) is 36.9 cm³/mol. The highest BCUT2D eigenvalue weighted by atomic mass is 32.1. The third kappa shape index (κ3) is 1.05. The van der Waals surface area contributed by atoms with Crippen molar-refractivity contribution in [1.29, 1.82) is 0 Å². The Kier molecular flexibility index (Phi) is 1.44. The van der Waals surface area contributed by atoms with Gasteiger partial charge in [-0.2, -0.15) is 5.10 Å². The van der Waals surface area contributed by atoms with Crippen LogP contribution in [0.3, 0.4) is 0 Å². The summed E-state index contributed by atoms with van der Waals surface area (Å²) in [7, 11) is 1.74. The van der Waals surface area contributed by atoms with Crippen molar-refractivity contribution in [2.75, 3.05) is 0 Å². The SMILES string of the molecule is Cn1ncnc1C(N)=S. The second-order valence-corrected chi connectivity index (χ2v) is 2.01. The van der Waals surface area contributed by atoms with Crippen molar-refractivity contribution in [3.63, 3.8) is 0 Å². The van der Waals surface area contributed by atoms with Gasteiger partial charge in [0, 0.05) is 7.05 Å². The van der Waals surface area contributed by atoms with Gasteiger partial charge in [0.25, 0.3) is 0 Å².